The van der Waals surface area contributed by atoms with Crippen molar-refractivity contribution < 1.29 is 14.3 Å². The first kappa shape index (κ1) is 17.8. The van der Waals surface area contributed by atoms with Gasteiger partial charge in [-0.1, -0.05) is 6.07 Å². The maximum atomic E-state index is 12.2. The molecule has 2 aromatic rings. The lowest BCUT2D eigenvalue weighted by molar-refractivity contribution is -0.146. The summed E-state index contributed by atoms with van der Waals surface area (Å²) in [6.45, 7) is 1.39. The number of nitrogens with one attached hydrogen (secondary N) is 1. The number of rotatable bonds is 4. The molecule has 0 saturated carbocycles. The minimum atomic E-state index is -0.305. The summed E-state index contributed by atoms with van der Waals surface area (Å²) in [5.74, 6) is -0.606. The number of esters is 1. The maximum absolute atomic E-state index is 12.2. The monoisotopic (exact) mass is 367 g/mol. The van der Waals surface area contributed by atoms with Gasteiger partial charge >= 0.3 is 5.97 Å². The van der Waals surface area contributed by atoms with Crippen molar-refractivity contribution in [3.63, 3.8) is 0 Å². The van der Waals surface area contributed by atoms with Crippen molar-refractivity contribution in [3.05, 3.63) is 52.2 Å². The van der Waals surface area contributed by atoms with E-state index in [1.807, 2.05) is 6.07 Å². The predicted molar refractivity (Wildman–Crippen MR) is 98.5 cm³/mol. The van der Waals surface area contributed by atoms with E-state index in [-0.39, 0.29) is 18.0 Å². The van der Waals surface area contributed by atoms with Crippen LogP contribution in [0.3, 0.4) is 0 Å². The molecule has 26 heavy (non-hydrogen) atoms. The normalized spacial score (nSPS) is 15.9. The first-order valence-corrected chi connectivity index (χ1v) is 8.99. The number of thiophene rings is 1. The molecule has 132 valence electrons. The van der Waals surface area contributed by atoms with E-state index >= 15 is 0 Å². The molecule has 3 rings (SSSR count). The molecule has 0 aliphatic heterocycles. The summed E-state index contributed by atoms with van der Waals surface area (Å²) >= 11 is 1.38. The largest absolute Gasteiger partial charge is 0.462 e. The third-order valence-electron chi connectivity index (χ3n) is 4.01. The summed E-state index contributed by atoms with van der Waals surface area (Å²) in [4.78, 5) is 28.3. The first-order valence-electron chi connectivity index (χ1n) is 8.17. The lowest BCUT2D eigenvalue weighted by Crippen LogP contribution is -2.23. The molecule has 2 heterocycles. The lowest BCUT2D eigenvalue weighted by atomic mass is 9.94. The number of anilines is 1. The fraction of sp³-hybridized carbons (Fsp3) is 0.263. The molecule has 1 amide bonds. The lowest BCUT2D eigenvalue weighted by Gasteiger charge is -2.21. The number of fused-ring (bicyclic) bond motifs is 1. The van der Waals surface area contributed by atoms with Crippen molar-refractivity contribution in [2.75, 3.05) is 5.32 Å². The molecule has 1 atom stereocenters. The highest BCUT2D eigenvalue weighted by Crippen LogP contribution is 2.38. The van der Waals surface area contributed by atoms with Crippen molar-refractivity contribution in [2.45, 2.75) is 32.3 Å². The van der Waals surface area contributed by atoms with Gasteiger partial charge in [0, 0.05) is 36.7 Å². The van der Waals surface area contributed by atoms with E-state index in [9.17, 15) is 14.9 Å². The van der Waals surface area contributed by atoms with Gasteiger partial charge in [0.05, 0.1) is 5.56 Å². The summed E-state index contributed by atoms with van der Waals surface area (Å²) < 4.78 is 5.28. The van der Waals surface area contributed by atoms with Crippen LogP contribution in [0, 0.1) is 11.3 Å². The van der Waals surface area contributed by atoms with Crippen LogP contribution in [-0.2, 0) is 27.2 Å². The first-order chi connectivity index (χ1) is 12.6. The molecular formula is C19H17N3O3S. The van der Waals surface area contributed by atoms with E-state index in [1.54, 1.807) is 24.5 Å². The standard InChI is InChI=1S/C19H17N3O3S/c1-12(23)25-14-5-6-15-16(10-20)19(26-17(15)9-14)22-18(24)7-4-13-3-2-8-21-11-13/h2-4,7-8,11,14H,5-6,9H2,1H3,(H,22,24)/b7-4+. The minimum absolute atomic E-state index is 0.167. The Kier molecular flexibility index (Phi) is 5.44. The van der Waals surface area contributed by atoms with Gasteiger partial charge in [-0.05, 0) is 36.1 Å². The van der Waals surface area contributed by atoms with Crippen molar-refractivity contribution >= 4 is 34.3 Å². The Morgan fingerprint density at radius 3 is 3.04 bits per heavy atom. The average molecular weight is 367 g/mol. The Hall–Kier alpha value is -2.98. The smallest absolute Gasteiger partial charge is 0.302 e. The van der Waals surface area contributed by atoms with E-state index in [4.69, 9.17) is 4.74 Å². The second-order valence-corrected chi connectivity index (χ2v) is 7.01. The predicted octanol–water partition coefficient (Wildman–Crippen LogP) is 3.09. The van der Waals surface area contributed by atoms with Gasteiger partial charge in [0.1, 0.15) is 17.2 Å². The fourth-order valence-electron chi connectivity index (χ4n) is 2.90. The van der Waals surface area contributed by atoms with Gasteiger partial charge in [-0.25, -0.2) is 0 Å². The summed E-state index contributed by atoms with van der Waals surface area (Å²) in [5, 5.41) is 12.8. The highest BCUT2D eigenvalue weighted by atomic mass is 32.1. The summed E-state index contributed by atoms with van der Waals surface area (Å²) in [5.41, 5.74) is 2.28. The topological polar surface area (TPSA) is 92.1 Å². The van der Waals surface area contributed by atoms with E-state index < -0.39 is 0 Å². The van der Waals surface area contributed by atoms with Crippen LogP contribution >= 0.6 is 11.3 Å². The average Bonchev–Trinajstić information content (AvgIpc) is 2.96. The van der Waals surface area contributed by atoms with Crippen LogP contribution in [-0.4, -0.2) is 23.0 Å². The number of nitriles is 1. The Morgan fingerprint density at radius 1 is 1.50 bits per heavy atom. The third-order valence-corrected chi connectivity index (χ3v) is 5.18. The molecule has 0 radical (unpaired) electrons. The van der Waals surface area contributed by atoms with Gasteiger partial charge in [0.2, 0.25) is 5.91 Å². The van der Waals surface area contributed by atoms with Gasteiger partial charge in [-0.15, -0.1) is 11.3 Å². The zero-order valence-corrected chi connectivity index (χ0v) is 15.0. The second-order valence-electron chi connectivity index (χ2n) is 5.90. The molecule has 1 aliphatic rings. The van der Waals surface area contributed by atoms with E-state index in [2.05, 4.69) is 16.4 Å². The SMILES string of the molecule is CC(=O)OC1CCc2c(sc(NC(=O)/C=C/c3cccnc3)c2C#N)C1. The van der Waals surface area contributed by atoms with Gasteiger partial charge < -0.3 is 10.1 Å². The fourth-order valence-corrected chi connectivity index (χ4v) is 4.16. The molecule has 7 heteroatoms. The number of aromatic nitrogens is 1. The molecule has 0 saturated heterocycles. The number of nitrogens with zero attached hydrogens (tertiary/aromatic N) is 2. The zero-order chi connectivity index (χ0) is 18.5. The quantitative estimate of drug-likeness (QED) is 0.662. The highest BCUT2D eigenvalue weighted by Gasteiger charge is 2.27. The number of hydrogen-bond acceptors (Lipinski definition) is 6. The molecule has 1 aliphatic carbocycles. The third kappa shape index (κ3) is 4.16. The van der Waals surface area contributed by atoms with E-state index in [0.29, 0.717) is 29.8 Å². The molecule has 1 unspecified atom stereocenters. The number of carbonyl (C=O) groups is 2. The van der Waals surface area contributed by atoms with Crippen LogP contribution in [0.25, 0.3) is 6.08 Å². The Balaban J connectivity index is 1.74. The van der Waals surface area contributed by atoms with Crippen LogP contribution in [0.4, 0.5) is 5.00 Å². The molecule has 1 N–H and O–H groups in total. The molecule has 0 aromatic carbocycles. The molecule has 6 nitrogen and oxygen atoms in total. The van der Waals surface area contributed by atoms with Crippen molar-refractivity contribution in [1.82, 2.24) is 4.98 Å². The Bertz CT molecular complexity index is 897. The Labute approximate surface area is 155 Å². The van der Waals surface area contributed by atoms with E-state index in [1.165, 1.54) is 24.3 Å². The van der Waals surface area contributed by atoms with Gasteiger partial charge in [0.25, 0.3) is 0 Å². The number of carbonyl (C=O) groups excluding carboxylic acids is 2. The van der Waals surface area contributed by atoms with E-state index in [0.717, 1.165) is 16.0 Å². The number of pyridine rings is 1. The second kappa shape index (κ2) is 7.93. The van der Waals surface area contributed by atoms with Gasteiger partial charge in [-0.2, -0.15) is 5.26 Å². The molecule has 2 aromatic heterocycles. The number of amides is 1. The molecule has 0 bridgehead atoms. The van der Waals surface area contributed by atoms with Crippen LogP contribution in [0.15, 0.2) is 30.6 Å². The molecular weight excluding hydrogens is 350 g/mol. The van der Waals surface area contributed by atoms with Crippen LogP contribution in [0.1, 0.15) is 34.9 Å². The Morgan fingerprint density at radius 2 is 2.35 bits per heavy atom. The summed E-state index contributed by atoms with van der Waals surface area (Å²) in [7, 11) is 0. The summed E-state index contributed by atoms with van der Waals surface area (Å²) in [6, 6.07) is 5.83. The van der Waals surface area contributed by atoms with Crippen molar-refractivity contribution in [2.24, 2.45) is 0 Å². The molecule has 0 fully saturated rings. The van der Waals surface area contributed by atoms with Crippen molar-refractivity contribution in [3.8, 4) is 6.07 Å². The van der Waals surface area contributed by atoms with Crippen LogP contribution < -0.4 is 5.32 Å². The van der Waals surface area contributed by atoms with Crippen LogP contribution in [0.2, 0.25) is 0 Å². The number of hydrogen-bond donors (Lipinski definition) is 1. The van der Waals surface area contributed by atoms with Gasteiger partial charge in [0.15, 0.2) is 0 Å². The van der Waals surface area contributed by atoms with Gasteiger partial charge in [-0.3, -0.25) is 14.6 Å². The van der Waals surface area contributed by atoms with Crippen molar-refractivity contribution in [1.29, 1.82) is 5.26 Å². The number of ether oxygens (including phenoxy) is 1. The highest BCUT2D eigenvalue weighted by molar-refractivity contribution is 7.16. The molecule has 0 spiro atoms. The summed E-state index contributed by atoms with van der Waals surface area (Å²) in [6.07, 6.45) is 8.16. The zero-order valence-electron chi connectivity index (χ0n) is 14.2. The maximum Gasteiger partial charge on any atom is 0.302 e. The van der Waals surface area contributed by atoms with Crippen LogP contribution in [0.5, 0.6) is 0 Å². The minimum Gasteiger partial charge on any atom is -0.462 e.